The molecule has 0 bridgehead atoms. The zero-order valence-corrected chi connectivity index (χ0v) is 17.3. The maximum atomic E-state index is 12.4. The molecule has 4 unspecified atom stereocenters. The van der Waals surface area contributed by atoms with Crippen LogP contribution in [0.2, 0.25) is 0 Å². The molecule has 0 radical (unpaired) electrons. The standard InChI is InChI=1S/C22H38N4O2/c27-21-15-23-17-9-3-5-11-19(17)25(21)13-7-1-2-8-14-26-20-12-6-4-10-18(20)24-16-22(26)28/h17-20,23-24H,1-16H2. The van der Waals surface area contributed by atoms with E-state index in [9.17, 15) is 9.59 Å². The van der Waals surface area contributed by atoms with Crippen LogP contribution in [-0.4, -0.2) is 72.0 Å². The molecule has 4 aliphatic rings. The lowest BCUT2D eigenvalue weighted by Crippen LogP contribution is -2.61. The number of amides is 2. The number of carbonyl (C=O) groups excluding carboxylic acids is 2. The van der Waals surface area contributed by atoms with Gasteiger partial charge in [-0.1, -0.05) is 38.5 Å². The SMILES string of the molecule is O=C1CNC2CCCCC2N1CCCCCCN1C(=O)CNC2CCCCC21. The van der Waals surface area contributed by atoms with Gasteiger partial charge in [-0.15, -0.1) is 0 Å². The minimum absolute atomic E-state index is 0.290. The van der Waals surface area contributed by atoms with Gasteiger partial charge in [0, 0.05) is 37.3 Å². The van der Waals surface area contributed by atoms with Gasteiger partial charge in [0.25, 0.3) is 0 Å². The Morgan fingerprint density at radius 1 is 0.643 bits per heavy atom. The number of fused-ring (bicyclic) bond motifs is 2. The van der Waals surface area contributed by atoms with Crippen molar-refractivity contribution in [2.45, 2.75) is 101 Å². The highest BCUT2D eigenvalue weighted by Gasteiger charge is 2.37. The maximum Gasteiger partial charge on any atom is 0.236 e. The number of hydrogen-bond acceptors (Lipinski definition) is 4. The number of rotatable bonds is 7. The van der Waals surface area contributed by atoms with E-state index in [2.05, 4.69) is 20.4 Å². The topological polar surface area (TPSA) is 64.7 Å². The van der Waals surface area contributed by atoms with Crippen LogP contribution in [0.25, 0.3) is 0 Å². The van der Waals surface area contributed by atoms with E-state index in [1.54, 1.807) is 0 Å². The predicted molar refractivity (Wildman–Crippen MR) is 110 cm³/mol. The fraction of sp³-hybridized carbons (Fsp3) is 0.909. The number of carbonyl (C=O) groups is 2. The fourth-order valence-electron chi connectivity index (χ4n) is 5.95. The molecule has 4 fully saturated rings. The molecule has 28 heavy (non-hydrogen) atoms. The number of hydrogen-bond donors (Lipinski definition) is 2. The Morgan fingerprint density at radius 3 is 1.54 bits per heavy atom. The molecule has 0 spiro atoms. The van der Waals surface area contributed by atoms with Crippen LogP contribution < -0.4 is 10.6 Å². The Balaban J connectivity index is 1.16. The molecule has 2 amide bonds. The van der Waals surface area contributed by atoms with Crippen molar-refractivity contribution in [3.63, 3.8) is 0 Å². The van der Waals surface area contributed by atoms with Crippen LogP contribution in [0, 0.1) is 0 Å². The average molecular weight is 391 g/mol. The molecule has 6 heteroatoms. The van der Waals surface area contributed by atoms with Crippen molar-refractivity contribution in [1.29, 1.82) is 0 Å². The average Bonchev–Trinajstić information content (AvgIpc) is 2.73. The largest absolute Gasteiger partial charge is 0.337 e. The molecule has 2 aliphatic carbocycles. The summed E-state index contributed by atoms with van der Waals surface area (Å²) in [4.78, 5) is 29.1. The third-order valence-electron chi connectivity index (χ3n) is 7.48. The summed E-state index contributed by atoms with van der Waals surface area (Å²) in [7, 11) is 0. The summed E-state index contributed by atoms with van der Waals surface area (Å²) in [6.07, 6.45) is 14.4. The minimum atomic E-state index is 0.290. The van der Waals surface area contributed by atoms with Crippen LogP contribution in [0.15, 0.2) is 0 Å². The van der Waals surface area contributed by atoms with Gasteiger partial charge in [0.15, 0.2) is 0 Å². The quantitative estimate of drug-likeness (QED) is 0.653. The second kappa shape index (κ2) is 9.57. The Bertz CT molecular complexity index is 507. The predicted octanol–water partition coefficient (Wildman–Crippen LogP) is 2.03. The Hall–Kier alpha value is -1.14. The second-order valence-electron chi connectivity index (χ2n) is 9.27. The van der Waals surface area contributed by atoms with E-state index in [1.807, 2.05) is 0 Å². The second-order valence-corrected chi connectivity index (χ2v) is 9.27. The van der Waals surface area contributed by atoms with Gasteiger partial charge in [0.1, 0.15) is 0 Å². The number of piperazine rings is 2. The van der Waals surface area contributed by atoms with Crippen LogP contribution in [-0.2, 0) is 9.59 Å². The van der Waals surface area contributed by atoms with E-state index in [1.165, 1.54) is 38.5 Å². The van der Waals surface area contributed by atoms with E-state index in [4.69, 9.17) is 0 Å². The molecular formula is C22H38N4O2. The molecule has 158 valence electrons. The van der Waals surface area contributed by atoms with Gasteiger partial charge in [0.2, 0.25) is 11.8 Å². The molecule has 0 aromatic heterocycles. The fourth-order valence-corrected chi connectivity index (χ4v) is 5.95. The van der Waals surface area contributed by atoms with Gasteiger partial charge in [-0.3, -0.25) is 9.59 Å². The van der Waals surface area contributed by atoms with E-state index in [0.717, 1.165) is 51.6 Å². The third kappa shape index (κ3) is 4.54. The first kappa shape index (κ1) is 20.1. The van der Waals surface area contributed by atoms with Crippen LogP contribution in [0.5, 0.6) is 0 Å². The highest BCUT2D eigenvalue weighted by atomic mass is 16.2. The van der Waals surface area contributed by atoms with Crippen molar-refractivity contribution < 1.29 is 9.59 Å². The molecule has 4 rings (SSSR count). The molecular weight excluding hydrogens is 352 g/mol. The zero-order valence-electron chi connectivity index (χ0n) is 17.3. The molecule has 0 aromatic carbocycles. The summed E-state index contributed by atoms with van der Waals surface area (Å²) in [5.74, 6) is 0.579. The van der Waals surface area contributed by atoms with Crippen molar-refractivity contribution in [1.82, 2.24) is 20.4 Å². The lowest BCUT2D eigenvalue weighted by atomic mass is 9.87. The van der Waals surface area contributed by atoms with Crippen molar-refractivity contribution in [3.8, 4) is 0 Å². The lowest BCUT2D eigenvalue weighted by molar-refractivity contribution is -0.138. The van der Waals surface area contributed by atoms with Gasteiger partial charge in [-0.2, -0.15) is 0 Å². The lowest BCUT2D eigenvalue weighted by Gasteiger charge is -2.44. The normalized spacial score (nSPS) is 33.6. The van der Waals surface area contributed by atoms with Gasteiger partial charge >= 0.3 is 0 Å². The third-order valence-corrected chi connectivity index (χ3v) is 7.48. The van der Waals surface area contributed by atoms with Crippen LogP contribution in [0.4, 0.5) is 0 Å². The highest BCUT2D eigenvalue weighted by molar-refractivity contribution is 5.80. The van der Waals surface area contributed by atoms with E-state index in [0.29, 0.717) is 37.3 Å². The highest BCUT2D eigenvalue weighted by Crippen LogP contribution is 2.27. The zero-order chi connectivity index (χ0) is 19.3. The smallest absolute Gasteiger partial charge is 0.236 e. The van der Waals surface area contributed by atoms with Gasteiger partial charge in [-0.05, 0) is 38.5 Å². The summed E-state index contributed by atoms with van der Waals surface area (Å²) in [6, 6.07) is 1.90. The Labute approximate surface area is 169 Å². The summed E-state index contributed by atoms with van der Waals surface area (Å²) >= 11 is 0. The molecule has 0 aromatic rings. The minimum Gasteiger partial charge on any atom is -0.337 e. The molecule has 2 saturated heterocycles. The van der Waals surface area contributed by atoms with Crippen molar-refractivity contribution in [3.05, 3.63) is 0 Å². The van der Waals surface area contributed by atoms with E-state index < -0.39 is 0 Å². The molecule has 2 aliphatic heterocycles. The maximum absolute atomic E-state index is 12.4. The summed E-state index contributed by atoms with van der Waals surface area (Å²) in [5.41, 5.74) is 0. The van der Waals surface area contributed by atoms with E-state index in [-0.39, 0.29) is 11.8 Å². The molecule has 2 N–H and O–H groups in total. The summed E-state index contributed by atoms with van der Waals surface area (Å²) in [6.45, 7) is 2.88. The van der Waals surface area contributed by atoms with E-state index >= 15 is 0 Å². The first-order chi connectivity index (χ1) is 13.7. The van der Waals surface area contributed by atoms with Crippen molar-refractivity contribution in [2.24, 2.45) is 0 Å². The van der Waals surface area contributed by atoms with Crippen LogP contribution in [0.1, 0.15) is 77.0 Å². The summed E-state index contributed by atoms with van der Waals surface area (Å²) < 4.78 is 0. The molecule has 6 nitrogen and oxygen atoms in total. The molecule has 2 heterocycles. The van der Waals surface area contributed by atoms with Gasteiger partial charge < -0.3 is 20.4 Å². The van der Waals surface area contributed by atoms with Gasteiger partial charge in [0.05, 0.1) is 13.1 Å². The number of nitrogens with one attached hydrogen (secondary N) is 2. The molecule has 2 saturated carbocycles. The summed E-state index contributed by atoms with van der Waals surface area (Å²) in [5, 5.41) is 6.88. The number of nitrogens with zero attached hydrogens (tertiary/aromatic N) is 2. The first-order valence-corrected chi connectivity index (χ1v) is 11.8. The monoisotopic (exact) mass is 390 g/mol. The van der Waals surface area contributed by atoms with Crippen molar-refractivity contribution >= 4 is 11.8 Å². The van der Waals surface area contributed by atoms with Gasteiger partial charge in [-0.25, -0.2) is 0 Å². The number of unbranched alkanes of at least 4 members (excludes halogenated alkanes) is 3. The Morgan fingerprint density at radius 2 is 1.07 bits per heavy atom. The molecule has 4 atom stereocenters. The Kier molecular flexibility index (Phi) is 6.89. The van der Waals surface area contributed by atoms with Crippen molar-refractivity contribution in [2.75, 3.05) is 26.2 Å². The van der Waals surface area contributed by atoms with Crippen LogP contribution in [0.3, 0.4) is 0 Å². The first-order valence-electron chi connectivity index (χ1n) is 11.8. The van der Waals surface area contributed by atoms with Crippen LogP contribution >= 0.6 is 0 Å².